The van der Waals surface area contributed by atoms with Gasteiger partial charge in [0.1, 0.15) is 5.69 Å². The molecule has 1 amide bonds. The fraction of sp³-hybridized carbons (Fsp3) is 0.312. The first-order valence-corrected chi connectivity index (χ1v) is 6.82. The largest absolute Gasteiger partial charge is 0.337 e. The fourth-order valence-electron chi connectivity index (χ4n) is 2.56. The van der Waals surface area contributed by atoms with E-state index >= 15 is 0 Å². The van der Waals surface area contributed by atoms with E-state index < -0.39 is 0 Å². The summed E-state index contributed by atoms with van der Waals surface area (Å²) in [6, 6.07) is 13.7. The molecule has 4 nitrogen and oxygen atoms in total. The van der Waals surface area contributed by atoms with Crippen LogP contribution in [0.5, 0.6) is 0 Å². The second-order valence-corrected chi connectivity index (χ2v) is 5.08. The van der Waals surface area contributed by atoms with Crippen LogP contribution in [-0.2, 0) is 0 Å². The van der Waals surface area contributed by atoms with Crippen molar-refractivity contribution in [2.45, 2.75) is 12.8 Å². The second kappa shape index (κ2) is 5.30. The van der Waals surface area contributed by atoms with E-state index in [1.165, 1.54) is 0 Å². The first-order valence-electron chi connectivity index (χ1n) is 6.82. The lowest BCUT2D eigenvalue weighted by atomic mass is 9.98. The number of likely N-dealkylation sites (tertiary alicyclic amines) is 1. The first-order chi connectivity index (χ1) is 9.78. The molecule has 20 heavy (non-hydrogen) atoms. The number of aromatic nitrogens is 1. The van der Waals surface area contributed by atoms with Crippen molar-refractivity contribution in [1.82, 2.24) is 9.88 Å². The van der Waals surface area contributed by atoms with Crippen LogP contribution in [0.4, 0.5) is 0 Å². The average molecular weight is 265 g/mol. The van der Waals surface area contributed by atoms with E-state index in [2.05, 4.69) is 11.1 Å². The second-order valence-electron chi connectivity index (χ2n) is 5.08. The molecule has 1 fully saturated rings. The number of piperidine rings is 1. The van der Waals surface area contributed by atoms with Crippen molar-refractivity contribution >= 4 is 16.8 Å². The Kier molecular flexibility index (Phi) is 3.34. The van der Waals surface area contributed by atoms with Gasteiger partial charge in [0.2, 0.25) is 0 Å². The molecule has 1 aliphatic rings. The molecule has 1 aromatic carbocycles. The van der Waals surface area contributed by atoms with Gasteiger partial charge in [0.05, 0.1) is 11.6 Å². The summed E-state index contributed by atoms with van der Waals surface area (Å²) in [6.45, 7) is 1.29. The molecular formula is C16H15N3O. The number of carbonyl (C=O) groups is 1. The summed E-state index contributed by atoms with van der Waals surface area (Å²) in [5, 5.41) is 9.92. The van der Waals surface area contributed by atoms with Crippen LogP contribution < -0.4 is 0 Å². The van der Waals surface area contributed by atoms with Gasteiger partial charge in [-0.3, -0.25) is 4.79 Å². The van der Waals surface area contributed by atoms with Gasteiger partial charge in [0, 0.05) is 24.4 Å². The van der Waals surface area contributed by atoms with Crippen LogP contribution in [0.1, 0.15) is 23.3 Å². The van der Waals surface area contributed by atoms with Gasteiger partial charge in [-0.2, -0.15) is 5.26 Å². The van der Waals surface area contributed by atoms with Crippen LogP contribution in [0, 0.1) is 17.2 Å². The normalized spacial score (nSPS) is 16.1. The van der Waals surface area contributed by atoms with Crippen molar-refractivity contribution in [3.8, 4) is 6.07 Å². The predicted octanol–water partition coefficient (Wildman–Crippen LogP) is 2.61. The van der Waals surface area contributed by atoms with Gasteiger partial charge in [-0.05, 0) is 25.0 Å². The smallest absolute Gasteiger partial charge is 0.272 e. The Labute approximate surface area is 117 Å². The van der Waals surface area contributed by atoms with Crippen LogP contribution in [-0.4, -0.2) is 28.9 Å². The number of fused-ring (bicyclic) bond motifs is 1. The minimum Gasteiger partial charge on any atom is -0.337 e. The predicted molar refractivity (Wildman–Crippen MR) is 76.0 cm³/mol. The molecule has 0 N–H and O–H groups in total. The highest BCUT2D eigenvalue weighted by molar-refractivity contribution is 5.94. The quantitative estimate of drug-likeness (QED) is 0.796. The summed E-state index contributed by atoms with van der Waals surface area (Å²) in [7, 11) is 0. The molecule has 100 valence electrons. The zero-order valence-corrected chi connectivity index (χ0v) is 11.1. The average Bonchev–Trinajstić information content (AvgIpc) is 2.54. The lowest BCUT2D eigenvalue weighted by Gasteiger charge is -2.28. The molecule has 0 unspecified atom stereocenters. The van der Waals surface area contributed by atoms with Crippen LogP contribution in [0.2, 0.25) is 0 Å². The van der Waals surface area contributed by atoms with Crippen molar-refractivity contribution in [2.75, 3.05) is 13.1 Å². The Morgan fingerprint density at radius 3 is 2.70 bits per heavy atom. The van der Waals surface area contributed by atoms with Gasteiger partial charge in [0.15, 0.2) is 0 Å². The van der Waals surface area contributed by atoms with E-state index in [0.717, 1.165) is 23.7 Å². The maximum absolute atomic E-state index is 12.4. The standard InChI is InChI=1S/C16H15N3O/c17-11-12-7-9-19(10-8-12)16(20)15-6-5-13-3-1-2-4-14(13)18-15/h1-6,12H,7-10H2. The summed E-state index contributed by atoms with van der Waals surface area (Å²) < 4.78 is 0. The summed E-state index contributed by atoms with van der Waals surface area (Å²) in [6.07, 6.45) is 1.52. The Bertz CT molecular complexity index is 681. The number of hydrogen-bond donors (Lipinski definition) is 0. The third-order valence-electron chi connectivity index (χ3n) is 3.78. The van der Waals surface area contributed by atoms with Crippen LogP contribution in [0.25, 0.3) is 10.9 Å². The number of benzene rings is 1. The molecule has 0 bridgehead atoms. The zero-order chi connectivity index (χ0) is 13.9. The van der Waals surface area contributed by atoms with Gasteiger partial charge in [0.25, 0.3) is 5.91 Å². The Morgan fingerprint density at radius 1 is 1.20 bits per heavy atom. The van der Waals surface area contributed by atoms with E-state index in [1.54, 1.807) is 11.0 Å². The van der Waals surface area contributed by atoms with Crippen molar-refractivity contribution in [3.05, 3.63) is 42.1 Å². The van der Waals surface area contributed by atoms with E-state index in [-0.39, 0.29) is 11.8 Å². The number of nitrogens with zero attached hydrogens (tertiary/aromatic N) is 3. The third kappa shape index (κ3) is 2.35. The molecule has 4 heteroatoms. The van der Waals surface area contributed by atoms with E-state index in [4.69, 9.17) is 5.26 Å². The van der Waals surface area contributed by atoms with Gasteiger partial charge in [-0.15, -0.1) is 0 Å². The molecule has 1 aliphatic heterocycles. The molecule has 0 saturated carbocycles. The SMILES string of the molecule is N#CC1CCN(C(=O)c2ccc3ccccc3n2)CC1. The third-order valence-corrected chi connectivity index (χ3v) is 3.78. The molecule has 0 aliphatic carbocycles. The number of nitriles is 1. The fourth-order valence-corrected chi connectivity index (χ4v) is 2.56. The first kappa shape index (κ1) is 12.6. The van der Waals surface area contributed by atoms with Crippen molar-refractivity contribution < 1.29 is 4.79 Å². The van der Waals surface area contributed by atoms with Gasteiger partial charge >= 0.3 is 0 Å². The molecule has 2 aromatic rings. The van der Waals surface area contributed by atoms with Crippen molar-refractivity contribution in [3.63, 3.8) is 0 Å². The Hall–Kier alpha value is -2.41. The van der Waals surface area contributed by atoms with Gasteiger partial charge in [-0.25, -0.2) is 4.98 Å². The highest BCUT2D eigenvalue weighted by Gasteiger charge is 2.24. The number of rotatable bonds is 1. The number of pyridine rings is 1. The summed E-state index contributed by atoms with van der Waals surface area (Å²) in [5.74, 6) is 0.0516. The number of amides is 1. The lowest BCUT2D eigenvalue weighted by Crippen LogP contribution is -2.38. The minimum atomic E-state index is -0.0351. The molecule has 3 rings (SSSR count). The molecule has 1 aromatic heterocycles. The van der Waals surface area contributed by atoms with Crippen LogP contribution in [0.3, 0.4) is 0 Å². The minimum absolute atomic E-state index is 0.0351. The van der Waals surface area contributed by atoms with E-state index in [0.29, 0.717) is 18.8 Å². The van der Waals surface area contributed by atoms with Gasteiger partial charge < -0.3 is 4.90 Å². The summed E-state index contributed by atoms with van der Waals surface area (Å²) >= 11 is 0. The highest BCUT2D eigenvalue weighted by atomic mass is 16.2. The molecule has 0 atom stereocenters. The van der Waals surface area contributed by atoms with E-state index in [9.17, 15) is 4.79 Å². The molecule has 2 heterocycles. The highest BCUT2D eigenvalue weighted by Crippen LogP contribution is 2.19. The van der Waals surface area contributed by atoms with Crippen molar-refractivity contribution in [1.29, 1.82) is 5.26 Å². The van der Waals surface area contributed by atoms with Gasteiger partial charge in [-0.1, -0.05) is 24.3 Å². The monoisotopic (exact) mass is 265 g/mol. The lowest BCUT2D eigenvalue weighted by molar-refractivity contribution is 0.0702. The molecular weight excluding hydrogens is 250 g/mol. The van der Waals surface area contributed by atoms with Crippen molar-refractivity contribution in [2.24, 2.45) is 5.92 Å². The topological polar surface area (TPSA) is 57.0 Å². The summed E-state index contributed by atoms with van der Waals surface area (Å²) in [4.78, 5) is 18.6. The Balaban J connectivity index is 1.81. The summed E-state index contributed by atoms with van der Waals surface area (Å²) in [5.41, 5.74) is 1.32. The molecule has 1 saturated heterocycles. The zero-order valence-electron chi connectivity index (χ0n) is 11.1. The van der Waals surface area contributed by atoms with Crippen LogP contribution in [0.15, 0.2) is 36.4 Å². The number of hydrogen-bond acceptors (Lipinski definition) is 3. The Morgan fingerprint density at radius 2 is 1.95 bits per heavy atom. The molecule has 0 radical (unpaired) electrons. The number of para-hydroxylation sites is 1. The van der Waals surface area contributed by atoms with Crippen LogP contribution >= 0.6 is 0 Å². The molecule has 0 spiro atoms. The number of carbonyl (C=O) groups excluding carboxylic acids is 1. The maximum Gasteiger partial charge on any atom is 0.272 e. The maximum atomic E-state index is 12.4. The van der Waals surface area contributed by atoms with E-state index in [1.807, 2.05) is 30.3 Å².